The van der Waals surface area contributed by atoms with Crippen molar-refractivity contribution in [3.8, 4) is 0 Å². The molecule has 0 spiro atoms. The normalized spacial score (nSPS) is 28.7. The zero-order valence-corrected chi connectivity index (χ0v) is 9.01. The molecule has 1 saturated heterocycles. The second-order valence-electron chi connectivity index (χ2n) is 3.75. The van der Waals surface area contributed by atoms with Gasteiger partial charge in [0.05, 0.1) is 12.6 Å². The molecule has 0 radical (unpaired) electrons. The van der Waals surface area contributed by atoms with Gasteiger partial charge in [-0.05, 0) is 18.5 Å². The van der Waals surface area contributed by atoms with E-state index < -0.39 is 0 Å². The summed E-state index contributed by atoms with van der Waals surface area (Å²) >= 11 is 0. The summed E-state index contributed by atoms with van der Waals surface area (Å²) in [5.41, 5.74) is 5.28. The molecule has 82 valence electrons. The van der Waals surface area contributed by atoms with Gasteiger partial charge < -0.3 is 5.32 Å². The average molecular weight is 229 g/mol. The van der Waals surface area contributed by atoms with Gasteiger partial charge >= 0.3 is 0 Å². The Morgan fingerprint density at radius 1 is 1.53 bits per heavy atom. The fraction of sp³-hybridized carbons (Fsp3) is 0.556. The Labute approximate surface area is 94.0 Å². The SMILES string of the molecule is Cl.O=C1N=CCN2NC3CCNCC3=C12. The first-order chi connectivity index (χ1) is 6.86. The zero-order chi connectivity index (χ0) is 9.54. The number of rotatable bonds is 0. The van der Waals surface area contributed by atoms with Crippen LogP contribution in [-0.2, 0) is 4.79 Å². The van der Waals surface area contributed by atoms with E-state index in [2.05, 4.69) is 15.7 Å². The number of fused-ring (bicyclic) bond motifs is 2. The van der Waals surface area contributed by atoms with Crippen LogP contribution in [0.25, 0.3) is 0 Å². The topological polar surface area (TPSA) is 56.7 Å². The van der Waals surface area contributed by atoms with E-state index in [1.54, 1.807) is 6.21 Å². The van der Waals surface area contributed by atoms with Crippen molar-refractivity contribution in [2.75, 3.05) is 19.6 Å². The van der Waals surface area contributed by atoms with Gasteiger partial charge in [-0.2, -0.15) is 0 Å². The molecule has 0 saturated carbocycles. The Morgan fingerprint density at radius 3 is 3.27 bits per heavy atom. The third-order valence-electron chi connectivity index (χ3n) is 2.91. The molecule has 3 rings (SSSR count). The van der Waals surface area contributed by atoms with E-state index in [9.17, 15) is 4.79 Å². The fourth-order valence-corrected chi connectivity index (χ4v) is 2.25. The Bertz CT molecular complexity index is 352. The minimum atomic E-state index is -0.107. The summed E-state index contributed by atoms with van der Waals surface area (Å²) in [5.74, 6) is -0.107. The van der Waals surface area contributed by atoms with Crippen LogP contribution >= 0.6 is 12.4 Å². The van der Waals surface area contributed by atoms with Crippen LogP contribution in [0, 0.1) is 0 Å². The molecule has 3 aliphatic heterocycles. The summed E-state index contributed by atoms with van der Waals surface area (Å²) in [7, 11) is 0. The van der Waals surface area contributed by atoms with E-state index in [4.69, 9.17) is 0 Å². The summed E-state index contributed by atoms with van der Waals surface area (Å²) in [6.07, 6.45) is 2.70. The first-order valence-corrected chi connectivity index (χ1v) is 4.90. The van der Waals surface area contributed by atoms with Gasteiger partial charge in [0.1, 0.15) is 5.70 Å². The number of hydrogen-bond donors (Lipinski definition) is 2. The van der Waals surface area contributed by atoms with Crippen molar-refractivity contribution in [2.24, 2.45) is 4.99 Å². The quantitative estimate of drug-likeness (QED) is 0.585. The van der Waals surface area contributed by atoms with Gasteiger partial charge in [-0.15, -0.1) is 12.4 Å². The van der Waals surface area contributed by atoms with Crippen molar-refractivity contribution >= 4 is 24.5 Å². The van der Waals surface area contributed by atoms with Crippen molar-refractivity contribution in [1.82, 2.24) is 15.8 Å². The third kappa shape index (κ3) is 1.56. The Balaban J connectivity index is 0.000000853. The Kier molecular flexibility index (Phi) is 2.77. The van der Waals surface area contributed by atoms with E-state index in [0.717, 1.165) is 25.2 Å². The van der Waals surface area contributed by atoms with Gasteiger partial charge in [-0.3, -0.25) is 9.80 Å². The average Bonchev–Trinajstić information content (AvgIpc) is 2.57. The molecule has 0 aliphatic carbocycles. The molecule has 6 heteroatoms. The maximum absolute atomic E-state index is 11.6. The second-order valence-corrected chi connectivity index (χ2v) is 3.75. The summed E-state index contributed by atoms with van der Waals surface area (Å²) in [6.45, 7) is 2.52. The number of carbonyl (C=O) groups is 1. The minimum Gasteiger partial charge on any atom is -0.313 e. The van der Waals surface area contributed by atoms with Crippen LogP contribution in [0.2, 0.25) is 0 Å². The molecular formula is C9H13ClN4O. The van der Waals surface area contributed by atoms with E-state index in [-0.39, 0.29) is 18.3 Å². The number of hydrogen-bond acceptors (Lipinski definition) is 4. The van der Waals surface area contributed by atoms with Crippen LogP contribution in [0.3, 0.4) is 0 Å². The highest BCUT2D eigenvalue weighted by molar-refractivity contribution is 6.01. The number of halogens is 1. The number of carbonyl (C=O) groups excluding carboxylic acids is 1. The number of nitrogens with zero attached hydrogens (tertiary/aromatic N) is 2. The molecule has 0 aromatic heterocycles. The second kappa shape index (κ2) is 3.92. The number of hydrazine groups is 1. The minimum absolute atomic E-state index is 0. The van der Waals surface area contributed by atoms with E-state index in [1.807, 2.05) is 5.01 Å². The lowest BCUT2D eigenvalue weighted by atomic mass is 10.00. The van der Waals surface area contributed by atoms with Crippen LogP contribution in [0.1, 0.15) is 6.42 Å². The van der Waals surface area contributed by atoms with E-state index >= 15 is 0 Å². The molecule has 3 aliphatic rings. The first-order valence-electron chi connectivity index (χ1n) is 4.90. The highest BCUT2D eigenvalue weighted by Gasteiger charge is 2.36. The Hall–Kier alpha value is -0.910. The zero-order valence-electron chi connectivity index (χ0n) is 8.19. The number of aliphatic imine (C=N–C) groups is 1. The molecule has 1 atom stereocenters. The molecule has 3 heterocycles. The van der Waals surface area contributed by atoms with Crippen molar-refractivity contribution < 1.29 is 4.79 Å². The summed E-state index contributed by atoms with van der Waals surface area (Å²) in [4.78, 5) is 15.4. The summed E-state index contributed by atoms with van der Waals surface area (Å²) in [5, 5.41) is 5.20. The smallest absolute Gasteiger partial charge is 0.294 e. The third-order valence-corrected chi connectivity index (χ3v) is 2.91. The van der Waals surface area contributed by atoms with Crippen LogP contribution in [-0.4, -0.2) is 42.8 Å². The van der Waals surface area contributed by atoms with Gasteiger partial charge in [-0.25, -0.2) is 10.4 Å². The molecule has 5 nitrogen and oxygen atoms in total. The summed E-state index contributed by atoms with van der Waals surface area (Å²) in [6, 6.07) is 0.344. The molecule has 1 unspecified atom stereocenters. The Morgan fingerprint density at radius 2 is 2.40 bits per heavy atom. The monoisotopic (exact) mass is 228 g/mol. The van der Waals surface area contributed by atoms with Crippen molar-refractivity contribution in [2.45, 2.75) is 12.5 Å². The van der Waals surface area contributed by atoms with Gasteiger partial charge in [0.2, 0.25) is 0 Å². The molecular weight excluding hydrogens is 216 g/mol. The highest BCUT2D eigenvalue weighted by Crippen LogP contribution is 2.26. The fourth-order valence-electron chi connectivity index (χ4n) is 2.25. The predicted molar refractivity (Wildman–Crippen MR) is 58.9 cm³/mol. The molecule has 0 aromatic rings. The summed E-state index contributed by atoms with van der Waals surface area (Å²) < 4.78 is 0. The number of nitrogens with one attached hydrogen (secondary N) is 2. The van der Waals surface area contributed by atoms with Crippen LogP contribution in [0.5, 0.6) is 0 Å². The van der Waals surface area contributed by atoms with Gasteiger partial charge in [0, 0.05) is 12.8 Å². The molecule has 2 N–H and O–H groups in total. The molecule has 1 fully saturated rings. The van der Waals surface area contributed by atoms with E-state index in [0.29, 0.717) is 12.6 Å². The largest absolute Gasteiger partial charge is 0.313 e. The van der Waals surface area contributed by atoms with Gasteiger partial charge in [0.25, 0.3) is 5.91 Å². The predicted octanol–water partition coefficient (Wildman–Crippen LogP) is -0.545. The molecule has 0 bridgehead atoms. The standard InChI is InChI=1S/C9H12N4O.ClH/c14-9-8-6-5-10-2-1-7(6)12-13(8)4-3-11-9;/h3,7,10,12H,1-2,4-5H2;1H. The number of amides is 1. The van der Waals surface area contributed by atoms with Crippen molar-refractivity contribution in [3.63, 3.8) is 0 Å². The van der Waals surface area contributed by atoms with E-state index in [1.165, 1.54) is 5.57 Å². The van der Waals surface area contributed by atoms with Crippen molar-refractivity contribution in [1.29, 1.82) is 0 Å². The molecule has 15 heavy (non-hydrogen) atoms. The lowest BCUT2D eigenvalue weighted by Crippen LogP contribution is -2.43. The van der Waals surface area contributed by atoms with Crippen LogP contribution < -0.4 is 10.7 Å². The van der Waals surface area contributed by atoms with Gasteiger partial charge in [-0.1, -0.05) is 0 Å². The lowest BCUT2D eigenvalue weighted by molar-refractivity contribution is -0.116. The van der Waals surface area contributed by atoms with Crippen LogP contribution in [0.4, 0.5) is 0 Å². The maximum Gasteiger partial charge on any atom is 0.294 e. The van der Waals surface area contributed by atoms with Gasteiger partial charge in [0.15, 0.2) is 0 Å². The lowest BCUT2D eigenvalue weighted by Gasteiger charge is -2.23. The first kappa shape index (κ1) is 10.6. The molecule has 1 amide bonds. The van der Waals surface area contributed by atoms with Crippen LogP contribution in [0.15, 0.2) is 16.3 Å². The van der Waals surface area contributed by atoms with Crippen molar-refractivity contribution in [3.05, 3.63) is 11.3 Å². The highest BCUT2D eigenvalue weighted by atomic mass is 35.5. The number of piperidine rings is 1. The molecule has 0 aromatic carbocycles. The maximum atomic E-state index is 11.6.